The highest BCUT2D eigenvalue weighted by atomic mass is 28.3. The van der Waals surface area contributed by atoms with Crippen molar-refractivity contribution in [1.82, 2.24) is 0 Å². The first-order valence-corrected chi connectivity index (χ1v) is 7.41. The van der Waals surface area contributed by atoms with Gasteiger partial charge in [-0.1, -0.05) is 25.7 Å². The molecular weight excluding hydrogens is 156 g/mol. The van der Waals surface area contributed by atoms with Gasteiger partial charge >= 0.3 is 5.97 Å². The summed E-state index contributed by atoms with van der Waals surface area (Å²) >= 11 is 0. The summed E-state index contributed by atoms with van der Waals surface area (Å²) in [6.07, 6.45) is 3.40. The predicted octanol–water partition coefficient (Wildman–Crippen LogP) is 2.05. The Morgan fingerprint density at radius 3 is 2.36 bits per heavy atom. The Bertz CT molecular complexity index is 156. The van der Waals surface area contributed by atoms with E-state index in [0.29, 0.717) is 0 Å². The van der Waals surface area contributed by atoms with Gasteiger partial charge < -0.3 is 4.74 Å². The molecule has 0 saturated heterocycles. The second-order valence-corrected chi connectivity index (χ2v) is 9.22. The molecule has 0 radical (unpaired) electrons. The van der Waals surface area contributed by atoms with Crippen LogP contribution >= 0.6 is 0 Å². The molecule has 11 heavy (non-hydrogen) atoms. The van der Waals surface area contributed by atoms with Crippen LogP contribution in [0, 0.1) is 0 Å². The van der Waals surface area contributed by atoms with Gasteiger partial charge in [0, 0.05) is 14.1 Å². The van der Waals surface area contributed by atoms with Gasteiger partial charge in [0.2, 0.25) is 0 Å². The monoisotopic (exact) mass is 172 g/mol. The van der Waals surface area contributed by atoms with Crippen LogP contribution in [0.3, 0.4) is 0 Å². The zero-order valence-corrected chi connectivity index (χ0v) is 8.68. The fourth-order valence-electron chi connectivity index (χ4n) is 0.577. The summed E-state index contributed by atoms with van der Waals surface area (Å²) in [6, 6.07) is 1.03. The largest absolute Gasteiger partial charge is 0.466 e. The van der Waals surface area contributed by atoms with Crippen molar-refractivity contribution in [2.24, 2.45) is 0 Å². The third-order valence-electron chi connectivity index (χ3n) is 1.19. The van der Waals surface area contributed by atoms with Crippen molar-refractivity contribution in [3.05, 3.63) is 12.2 Å². The van der Waals surface area contributed by atoms with Crippen LogP contribution in [-0.4, -0.2) is 21.2 Å². The van der Waals surface area contributed by atoms with Crippen molar-refractivity contribution >= 4 is 14.0 Å². The zero-order chi connectivity index (χ0) is 8.91. The maximum Gasteiger partial charge on any atom is 0.330 e. The molecule has 0 unspecified atom stereocenters. The first kappa shape index (κ1) is 10.4. The molecule has 64 valence electrons. The molecule has 0 atom stereocenters. The fourth-order valence-corrected chi connectivity index (χ4v) is 1.40. The van der Waals surface area contributed by atoms with Gasteiger partial charge in [-0.05, 0) is 6.04 Å². The number of carbonyl (C=O) groups is 1. The van der Waals surface area contributed by atoms with Crippen LogP contribution in [0.2, 0.25) is 25.7 Å². The van der Waals surface area contributed by atoms with Gasteiger partial charge in [-0.3, -0.25) is 0 Å². The van der Waals surface area contributed by atoms with Gasteiger partial charge in [-0.15, -0.1) is 0 Å². The number of carbonyl (C=O) groups excluding carboxylic acids is 1. The Morgan fingerprint density at radius 1 is 1.45 bits per heavy atom. The molecule has 0 bridgehead atoms. The van der Waals surface area contributed by atoms with Crippen LogP contribution in [0.15, 0.2) is 12.2 Å². The van der Waals surface area contributed by atoms with E-state index in [2.05, 4.69) is 24.4 Å². The van der Waals surface area contributed by atoms with Crippen LogP contribution in [0.4, 0.5) is 0 Å². The van der Waals surface area contributed by atoms with Crippen molar-refractivity contribution in [3.63, 3.8) is 0 Å². The molecule has 3 heteroatoms. The Morgan fingerprint density at radius 2 is 2.00 bits per heavy atom. The predicted molar refractivity (Wildman–Crippen MR) is 49.3 cm³/mol. The number of esters is 1. The summed E-state index contributed by atoms with van der Waals surface area (Å²) in [5.74, 6) is -0.261. The van der Waals surface area contributed by atoms with Crippen molar-refractivity contribution < 1.29 is 9.53 Å². The molecule has 0 saturated carbocycles. The Kier molecular flexibility index (Phi) is 4.11. The fraction of sp³-hybridized carbons (Fsp3) is 0.625. The normalized spacial score (nSPS) is 12.0. The first-order valence-electron chi connectivity index (χ1n) is 3.70. The van der Waals surface area contributed by atoms with Gasteiger partial charge in [0.15, 0.2) is 0 Å². The first-order chi connectivity index (χ1) is 4.95. The highest BCUT2D eigenvalue weighted by molar-refractivity contribution is 6.76. The summed E-state index contributed by atoms with van der Waals surface area (Å²) in [4.78, 5) is 10.6. The lowest BCUT2D eigenvalue weighted by Gasteiger charge is -2.11. The molecule has 0 aliphatic rings. The average Bonchev–Trinajstić information content (AvgIpc) is 1.85. The van der Waals surface area contributed by atoms with Gasteiger partial charge in [0.05, 0.1) is 7.11 Å². The van der Waals surface area contributed by atoms with E-state index < -0.39 is 8.07 Å². The summed E-state index contributed by atoms with van der Waals surface area (Å²) in [6.45, 7) is 6.78. The second kappa shape index (κ2) is 4.33. The zero-order valence-electron chi connectivity index (χ0n) is 7.68. The van der Waals surface area contributed by atoms with Crippen LogP contribution in [0.25, 0.3) is 0 Å². The summed E-state index contributed by atoms with van der Waals surface area (Å²) in [5.41, 5.74) is 0. The van der Waals surface area contributed by atoms with Crippen molar-refractivity contribution in [2.75, 3.05) is 7.11 Å². The highest BCUT2D eigenvalue weighted by Crippen LogP contribution is 2.07. The van der Waals surface area contributed by atoms with Crippen LogP contribution in [0.1, 0.15) is 0 Å². The minimum atomic E-state index is -1.03. The SMILES string of the molecule is COC(=O)C=CC[Si](C)(C)C. The van der Waals surface area contributed by atoms with E-state index in [9.17, 15) is 4.79 Å². The van der Waals surface area contributed by atoms with Crippen LogP contribution in [0.5, 0.6) is 0 Å². The highest BCUT2D eigenvalue weighted by Gasteiger charge is 2.09. The third-order valence-corrected chi connectivity index (χ3v) is 2.65. The molecule has 0 aromatic heterocycles. The number of rotatable bonds is 3. The van der Waals surface area contributed by atoms with E-state index in [1.807, 2.05) is 6.08 Å². The molecule has 0 rings (SSSR count). The summed E-state index contributed by atoms with van der Waals surface area (Å²) in [5, 5.41) is 0. The summed E-state index contributed by atoms with van der Waals surface area (Å²) < 4.78 is 4.45. The second-order valence-electron chi connectivity index (χ2n) is 3.69. The van der Waals surface area contributed by atoms with Crippen molar-refractivity contribution in [3.8, 4) is 0 Å². The van der Waals surface area contributed by atoms with Gasteiger partial charge in [0.1, 0.15) is 0 Å². The molecule has 0 heterocycles. The number of hydrogen-bond donors (Lipinski definition) is 0. The third kappa shape index (κ3) is 7.32. The molecule has 0 spiro atoms. The molecule has 0 aliphatic carbocycles. The van der Waals surface area contributed by atoms with E-state index in [1.165, 1.54) is 13.2 Å². The van der Waals surface area contributed by atoms with E-state index >= 15 is 0 Å². The molecule has 0 aromatic rings. The Hall–Kier alpha value is -0.573. The molecule has 2 nitrogen and oxygen atoms in total. The van der Waals surface area contributed by atoms with Crippen LogP contribution < -0.4 is 0 Å². The lowest BCUT2D eigenvalue weighted by Crippen LogP contribution is -2.17. The smallest absolute Gasteiger partial charge is 0.330 e. The van der Waals surface area contributed by atoms with Gasteiger partial charge in [-0.25, -0.2) is 4.79 Å². The minimum absolute atomic E-state index is 0.261. The molecule has 0 aromatic carbocycles. The number of allylic oxidation sites excluding steroid dienone is 1. The number of hydrogen-bond acceptors (Lipinski definition) is 2. The topological polar surface area (TPSA) is 26.3 Å². The Balaban J connectivity index is 3.70. The Labute approximate surface area is 69.3 Å². The standard InChI is InChI=1S/C8H16O2Si/c1-10-8(9)6-5-7-11(2,3)4/h5-6H,7H2,1-4H3. The van der Waals surface area contributed by atoms with Gasteiger partial charge in [-0.2, -0.15) is 0 Å². The summed E-state index contributed by atoms with van der Waals surface area (Å²) in [7, 11) is 0.359. The maximum atomic E-state index is 10.6. The minimum Gasteiger partial charge on any atom is -0.466 e. The molecule has 0 N–H and O–H groups in total. The number of methoxy groups -OCH3 is 1. The lowest BCUT2D eigenvalue weighted by molar-refractivity contribution is -0.134. The van der Waals surface area contributed by atoms with Crippen molar-refractivity contribution in [2.45, 2.75) is 25.7 Å². The molecule has 0 aliphatic heterocycles. The van der Waals surface area contributed by atoms with Gasteiger partial charge in [0.25, 0.3) is 0 Å². The van der Waals surface area contributed by atoms with E-state index in [4.69, 9.17) is 0 Å². The molecule has 0 fully saturated rings. The number of ether oxygens (including phenoxy) is 1. The van der Waals surface area contributed by atoms with E-state index in [0.717, 1.165) is 6.04 Å². The molecule has 0 amide bonds. The van der Waals surface area contributed by atoms with Crippen molar-refractivity contribution in [1.29, 1.82) is 0 Å². The lowest BCUT2D eigenvalue weighted by atomic mass is 10.5. The average molecular weight is 172 g/mol. The maximum absolute atomic E-state index is 10.6. The van der Waals surface area contributed by atoms with E-state index in [-0.39, 0.29) is 5.97 Å². The van der Waals surface area contributed by atoms with E-state index in [1.54, 1.807) is 0 Å². The quantitative estimate of drug-likeness (QED) is 0.370. The molecular formula is C8H16O2Si. The van der Waals surface area contributed by atoms with Crippen LogP contribution in [-0.2, 0) is 9.53 Å².